The standard InChI is InChI=1S/C15H26O2/c1-11-5-7-12(8-6-11)15(4)10-9-13(17-15)14(2,3)16/h5,12-13,16H,6-10H2,1-4H3/t12?,13-,15-/m1/s1. The second-order valence-corrected chi connectivity index (χ2v) is 6.63. The van der Waals surface area contributed by atoms with Gasteiger partial charge in [-0.15, -0.1) is 0 Å². The first-order chi connectivity index (χ1) is 7.81. The third-order valence-corrected chi connectivity index (χ3v) is 4.60. The van der Waals surface area contributed by atoms with Gasteiger partial charge >= 0.3 is 0 Å². The third-order valence-electron chi connectivity index (χ3n) is 4.60. The van der Waals surface area contributed by atoms with Crippen LogP contribution in [0, 0.1) is 5.92 Å². The molecule has 1 N–H and O–H groups in total. The molecule has 1 heterocycles. The smallest absolute Gasteiger partial charge is 0.0865 e. The van der Waals surface area contributed by atoms with Gasteiger partial charge in [0.2, 0.25) is 0 Å². The molecule has 0 spiro atoms. The van der Waals surface area contributed by atoms with E-state index in [9.17, 15) is 5.11 Å². The molecule has 0 saturated carbocycles. The van der Waals surface area contributed by atoms with Crippen LogP contribution >= 0.6 is 0 Å². The van der Waals surface area contributed by atoms with Crippen LogP contribution in [0.15, 0.2) is 11.6 Å². The van der Waals surface area contributed by atoms with E-state index in [2.05, 4.69) is 19.9 Å². The number of aliphatic hydroxyl groups is 1. The first-order valence-corrected chi connectivity index (χ1v) is 6.87. The maximum absolute atomic E-state index is 10.1. The molecule has 1 saturated heterocycles. The summed E-state index contributed by atoms with van der Waals surface area (Å²) in [6, 6.07) is 0. The summed E-state index contributed by atoms with van der Waals surface area (Å²) in [4.78, 5) is 0. The second-order valence-electron chi connectivity index (χ2n) is 6.63. The Balaban J connectivity index is 2.02. The maximum atomic E-state index is 10.1. The van der Waals surface area contributed by atoms with E-state index in [0.29, 0.717) is 5.92 Å². The zero-order valence-corrected chi connectivity index (χ0v) is 11.6. The maximum Gasteiger partial charge on any atom is 0.0865 e. The highest BCUT2D eigenvalue weighted by atomic mass is 16.5. The Morgan fingerprint density at radius 3 is 2.59 bits per heavy atom. The lowest BCUT2D eigenvalue weighted by molar-refractivity contribution is -0.135. The highest BCUT2D eigenvalue weighted by molar-refractivity contribution is 5.07. The van der Waals surface area contributed by atoms with Gasteiger partial charge in [0.15, 0.2) is 0 Å². The molecular weight excluding hydrogens is 212 g/mol. The predicted molar refractivity (Wildman–Crippen MR) is 69.9 cm³/mol. The minimum absolute atomic E-state index is 0.000460. The van der Waals surface area contributed by atoms with Crippen molar-refractivity contribution in [1.29, 1.82) is 0 Å². The van der Waals surface area contributed by atoms with Crippen LogP contribution in [0.3, 0.4) is 0 Å². The summed E-state index contributed by atoms with van der Waals surface area (Å²) in [5, 5.41) is 10.1. The van der Waals surface area contributed by atoms with Gasteiger partial charge in [0.25, 0.3) is 0 Å². The van der Waals surface area contributed by atoms with E-state index in [1.165, 1.54) is 18.4 Å². The first kappa shape index (κ1) is 13.1. The summed E-state index contributed by atoms with van der Waals surface area (Å²) in [5.74, 6) is 0.624. The summed E-state index contributed by atoms with van der Waals surface area (Å²) in [5.41, 5.74) is 0.780. The van der Waals surface area contributed by atoms with E-state index in [0.717, 1.165) is 19.3 Å². The molecule has 1 aliphatic carbocycles. The van der Waals surface area contributed by atoms with Crippen molar-refractivity contribution >= 4 is 0 Å². The van der Waals surface area contributed by atoms with Crippen LogP contribution in [0.1, 0.15) is 59.8 Å². The largest absolute Gasteiger partial charge is 0.388 e. The van der Waals surface area contributed by atoms with E-state index in [1.54, 1.807) is 0 Å². The molecule has 3 atom stereocenters. The monoisotopic (exact) mass is 238 g/mol. The average molecular weight is 238 g/mol. The Hall–Kier alpha value is -0.340. The highest BCUT2D eigenvalue weighted by Crippen LogP contribution is 2.44. The van der Waals surface area contributed by atoms with Crippen molar-refractivity contribution in [3.63, 3.8) is 0 Å². The van der Waals surface area contributed by atoms with Crippen molar-refractivity contribution in [3.05, 3.63) is 11.6 Å². The lowest BCUT2D eigenvalue weighted by Gasteiger charge is -2.37. The number of hydrogen-bond acceptors (Lipinski definition) is 2. The van der Waals surface area contributed by atoms with E-state index < -0.39 is 5.60 Å². The fourth-order valence-electron chi connectivity index (χ4n) is 3.18. The summed E-state index contributed by atoms with van der Waals surface area (Å²) >= 11 is 0. The summed E-state index contributed by atoms with van der Waals surface area (Å²) < 4.78 is 6.21. The van der Waals surface area contributed by atoms with Crippen LogP contribution < -0.4 is 0 Å². The number of hydrogen-bond donors (Lipinski definition) is 1. The second kappa shape index (κ2) is 4.40. The average Bonchev–Trinajstić information content (AvgIpc) is 2.62. The Labute approximate surface area is 105 Å². The van der Waals surface area contributed by atoms with Crippen molar-refractivity contribution in [2.75, 3.05) is 0 Å². The summed E-state index contributed by atoms with van der Waals surface area (Å²) in [6.45, 7) is 8.16. The molecule has 2 nitrogen and oxygen atoms in total. The fourth-order valence-corrected chi connectivity index (χ4v) is 3.18. The molecule has 0 aromatic rings. The zero-order valence-electron chi connectivity index (χ0n) is 11.6. The van der Waals surface area contributed by atoms with Crippen LogP contribution in [-0.2, 0) is 4.74 Å². The molecule has 2 heteroatoms. The number of allylic oxidation sites excluding steroid dienone is 2. The van der Waals surface area contributed by atoms with Crippen LogP contribution in [0.2, 0.25) is 0 Å². The molecule has 2 aliphatic rings. The van der Waals surface area contributed by atoms with Crippen LogP contribution in [0.25, 0.3) is 0 Å². The third kappa shape index (κ3) is 2.74. The zero-order chi connectivity index (χ0) is 12.7. The van der Waals surface area contributed by atoms with Crippen molar-refractivity contribution in [3.8, 4) is 0 Å². The molecule has 0 bridgehead atoms. The van der Waals surface area contributed by atoms with Gasteiger partial charge in [-0.3, -0.25) is 0 Å². The Morgan fingerprint density at radius 1 is 1.41 bits per heavy atom. The molecule has 0 aromatic heterocycles. The van der Waals surface area contributed by atoms with Gasteiger partial charge in [-0.2, -0.15) is 0 Å². The molecule has 0 radical (unpaired) electrons. The molecule has 2 rings (SSSR count). The van der Waals surface area contributed by atoms with Crippen LogP contribution in [0.4, 0.5) is 0 Å². The van der Waals surface area contributed by atoms with Gasteiger partial charge < -0.3 is 9.84 Å². The van der Waals surface area contributed by atoms with E-state index in [1.807, 2.05) is 13.8 Å². The first-order valence-electron chi connectivity index (χ1n) is 6.87. The molecule has 0 aromatic carbocycles. The Bertz CT molecular complexity index is 313. The van der Waals surface area contributed by atoms with Crippen molar-refractivity contribution < 1.29 is 9.84 Å². The van der Waals surface area contributed by atoms with Crippen molar-refractivity contribution in [1.82, 2.24) is 0 Å². The molecule has 17 heavy (non-hydrogen) atoms. The Morgan fingerprint density at radius 2 is 2.12 bits per heavy atom. The molecule has 1 unspecified atom stereocenters. The topological polar surface area (TPSA) is 29.5 Å². The van der Waals surface area contributed by atoms with Crippen LogP contribution in [-0.4, -0.2) is 22.4 Å². The van der Waals surface area contributed by atoms with Gasteiger partial charge in [-0.05, 0) is 65.7 Å². The van der Waals surface area contributed by atoms with Crippen LogP contribution in [0.5, 0.6) is 0 Å². The van der Waals surface area contributed by atoms with E-state index in [4.69, 9.17) is 4.74 Å². The predicted octanol–water partition coefficient (Wildman–Crippen LogP) is 3.44. The fraction of sp³-hybridized carbons (Fsp3) is 0.867. The lowest BCUT2D eigenvalue weighted by Crippen LogP contribution is -2.41. The van der Waals surface area contributed by atoms with Crippen molar-refractivity contribution in [2.24, 2.45) is 5.92 Å². The summed E-state index contributed by atoms with van der Waals surface area (Å²) in [6.07, 6.45) is 8.01. The molecule has 98 valence electrons. The van der Waals surface area contributed by atoms with Gasteiger partial charge in [0.05, 0.1) is 17.3 Å². The van der Waals surface area contributed by atoms with Gasteiger partial charge in [0.1, 0.15) is 0 Å². The molecule has 0 amide bonds. The minimum Gasteiger partial charge on any atom is -0.388 e. The van der Waals surface area contributed by atoms with E-state index in [-0.39, 0.29) is 11.7 Å². The Kier molecular flexibility index (Phi) is 3.39. The summed E-state index contributed by atoms with van der Waals surface area (Å²) in [7, 11) is 0. The normalized spacial score (nSPS) is 39.2. The number of ether oxygens (including phenoxy) is 1. The van der Waals surface area contributed by atoms with E-state index >= 15 is 0 Å². The van der Waals surface area contributed by atoms with Gasteiger partial charge in [0, 0.05) is 0 Å². The highest BCUT2D eigenvalue weighted by Gasteiger charge is 2.46. The minimum atomic E-state index is -0.710. The number of rotatable bonds is 2. The molecular formula is C15H26O2. The molecule has 1 aliphatic heterocycles. The lowest BCUT2D eigenvalue weighted by atomic mass is 9.77. The SMILES string of the molecule is CC1=CCC([C@@]2(C)CC[C@H](C(C)(C)O)O2)CC1. The quantitative estimate of drug-likeness (QED) is 0.747. The van der Waals surface area contributed by atoms with Crippen molar-refractivity contribution in [2.45, 2.75) is 77.1 Å². The molecule has 1 fully saturated rings. The van der Waals surface area contributed by atoms with Gasteiger partial charge in [-0.1, -0.05) is 11.6 Å². The van der Waals surface area contributed by atoms with Gasteiger partial charge in [-0.25, -0.2) is 0 Å².